The van der Waals surface area contributed by atoms with E-state index in [1.54, 1.807) is 0 Å². The summed E-state index contributed by atoms with van der Waals surface area (Å²) in [6.45, 7) is 7.41. The van der Waals surface area contributed by atoms with Crippen LogP contribution in [0.25, 0.3) is 0 Å². The van der Waals surface area contributed by atoms with Crippen LogP contribution in [0.3, 0.4) is 0 Å². The molecule has 0 spiro atoms. The van der Waals surface area contributed by atoms with E-state index in [2.05, 4.69) is 45.0 Å². The van der Waals surface area contributed by atoms with Gasteiger partial charge in [0.25, 0.3) is 0 Å². The molecule has 0 saturated carbocycles. The molecule has 0 aliphatic rings. The lowest BCUT2D eigenvalue weighted by Gasteiger charge is -2.15. The standard InChI is InChI=1S/C14H23N/c1-4-12(5-2)14-8-6-13(7-9-14)11(3)10-15/h6-9,11-12H,4-5,10,15H2,1-3H3. The van der Waals surface area contributed by atoms with Crippen molar-refractivity contribution in [2.24, 2.45) is 5.73 Å². The van der Waals surface area contributed by atoms with Crippen LogP contribution in [-0.2, 0) is 0 Å². The fraction of sp³-hybridized carbons (Fsp3) is 0.571. The predicted molar refractivity (Wildman–Crippen MR) is 67.2 cm³/mol. The smallest absolute Gasteiger partial charge is 0.00109 e. The van der Waals surface area contributed by atoms with Gasteiger partial charge >= 0.3 is 0 Å². The molecule has 0 bridgehead atoms. The summed E-state index contributed by atoms with van der Waals surface area (Å²) in [5.74, 6) is 1.19. The molecule has 0 aliphatic heterocycles. The molecule has 0 aliphatic carbocycles. The Morgan fingerprint density at radius 2 is 1.47 bits per heavy atom. The van der Waals surface area contributed by atoms with E-state index in [1.807, 2.05) is 0 Å². The maximum atomic E-state index is 5.65. The number of hydrogen-bond acceptors (Lipinski definition) is 1. The molecule has 1 rings (SSSR count). The minimum Gasteiger partial charge on any atom is -0.330 e. The van der Waals surface area contributed by atoms with Gasteiger partial charge in [-0.1, -0.05) is 45.0 Å². The van der Waals surface area contributed by atoms with Crippen LogP contribution in [0, 0.1) is 0 Å². The fourth-order valence-corrected chi connectivity index (χ4v) is 1.99. The Morgan fingerprint density at radius 3 is 1.87 bits per heavy atom. The van der Waals surface area contributed by atoms with Gasteiger partial charge in [0.2, 0.25) is 0 Å². The van der Waals surface area contributed by atoms with E-state index in [1.165, 1.54) is 24.0 Å². The van der Waals surface area contributed by atoms with Gasteiger partial charge in [0.05, 0.1) is 0 Å². The summed E-state index contributed by atoms with van der Waals surface area (Å²) in [4.78, 5) is 0. The van der Waals surface area contributed by atoms with Crippen molar-refractivity contribution in [3.63, 3.8) is 0 Å². The second kappa shape index (κ2) is 5.92. The lowest BCUT2D eigenvalue weighted by atomic mass is 9.91. The Morgan fingerprint density at radius 1 is 1.00 bits per heavy atom. The number of nitrogens with two attached hydrogens (primary N) is 1. The van der Waals surface area contributed by atoms with Gasteiger partial charge in [0, 0.05) is 0 Å². The van der Waals surface area contributed by atoms with Crippen molar-refractivity contribution in [2.45, 2.75) is 45.4 Å². The van der Waals surface area contributed by atoms with Crippen LogP contribution in [0.1, 0.15) is 56.6 Å². The van der Waals surface area contributed by atoms with E-state index in [0.717, 1.165) is 6.54 Å². The monoisotopic (exact) mass is 205 g/mol. The van der Waals surface area contributed by atoms with Gasteiger partial charge in [-0.3, -0.25) is 0 Å². The molecular formula is C14H23N. The maximum Gasteiger partial charge on any atom is -0.00109 e. The molecule has 1 nitrogen and oxygen atoms in total. The Balaban J connectivity index is 2.79. The first-order chi connectivity index (χ1) is 7.22. The third-order valence-electron chi connectivity index (χ3n) is 3.32. The van der Waals surface area contributed by atoms with E-state index in [4.69, 9.17) is 5.73 Å². The molecule has 0 saturated heterocycles. The normalized spacial score (nSPS) is 13.1. The molecule has 0 amide bonds. The number of rotatable bonds is 5. The second-order valence-corrected chi connectivity index (χ2v) is 4.32. The third-order valence-corrected chi connectivity index (χ3v) is 3.32. The van der Waals surface area contributed by atoms with E-state index < -0.39 is 0 Å². The van der Waals surface area contributed by atoms with Crippen molar-refractivity contribution in [1.29, 1.82) is 0 Å². The average Bonchev–Trinajstić information content (AvgIpc) is 2.30. The summed E-state index contributed by atoms with van der Waals surface area (Å²) in [7, 11) is 0. The summed E-state index contributed by atoms with van der Waals surface area (Å²) in [5, 5.41) is 0. The number of hydrogen-bond donors (Lipinski definition) is 1. The van der Waals surface area contributed by atoms with Crippen LogP contribution in [0.15, 0.2) is 24.3 Å². The van der Waals surface area contributed by atoms with Crippen molar-refractivity contribution in [2.75, 3.05) is 6.54 Å². The predicted octanol–water partition coefficient (Wildman–Crippen LogP) is 3.65. The molecule has 0 aromatic heterocycles. The summed E-state index contributed by atoms with van der Waals surface area (Å²) in [6.07, 6.45) is 2.45. The molecule has 1 aromatic carbocycles. The van der Waals surface area contributed by atoms with E-state index in [0.29, 0.717) is 11.8 Å². The van der Waals surface area contributed by atoms with Gasteiger partial charge in [-0.05, 0) is 42.3 Å². The molecule has 15 heavy (non-hydrogen) atoms. The van der Waals surface area contributed by atoms with E-state index in [-0.39, 0.29) is 0 Å². The summed E-state index contributed by atoms with van der Waals surface area (Å²) in [6, 6.07) is 8.98. The van der Waals surface area contributed by atoms with Gasteiger partial charge in [-0.2, -0.15) is 0 Å². The molecule has 0 fully saturated rings. The highest BCUT2D eigenvalue weighted by molar-refractivity contribution is 5.27. The highest BCUT2D eigenvalue weighted by Crippen LogP contribution is 2.24. The SMILES string of the molecule is CCC(CC)c1ccc(C(C)CN)cc1. The average molecular weight is 205 g/mol. The molecule has 1 atom stereocenters. The van der Waals surface area contributed by atoms with Crippen LogP contribution < -0.4 is 5.73 Å². The Kier molecular flexibility index (Phi) is 4.83. The van der Waals surface area contributed by atoms with Crippen molar-refractivity contribution in [1.82, 2.24) is 0 Å². The highest BCUT2D eigenvalue weighted by atomic mass is 14.5. The summed E-state index contributed by atoms with van der Waals surface area (Å²) in [5.41, 5.74) is 8.47. The zero-order chi connectivity index (χ0) is 11.3. The van der Waals surface area contributed by atoms with Gasteiger partial charge in [-0.25, -0.2) is 0 Å². The first kappa shape index (κ1) is 12.3. The van der Waals surface area contributed by atoms with E-state index in [9.17, 15) is 0 Å². The molecule has 84 valence electrons. The maximum absolute atomic E-state index is 5.65. The van der Waals surface area contributed by atoms with Gasteiger partial charge in [-0.15, -0.1) is 0 Å². The molecule has 1 heteroatoms. The lowest BCUT2D eigenvalue weighted by Crippen LogP contribution is -2.08. The fourth-order valence-electron chi connectivity index (χ4n) is 1.99. The second-order valence-electron chi connectivity index (χ2n) is 4.32. The summed E-state index contributed by atoms with van der Waals surface area (Å²) < 4.78 is 0. The minimum atomic E-state index is 0.473. The zero-order valence-electron chi connectivity index (χ0n) is 10.2. The first-order valence-electron chi connectivity index (χ1n) is 6.02. The Bertz CT molecular complexity index is 272. The molecule has 1 unspecified atom stereocenters. The zero-order valence-corrected chi connectivity index (χ0v) is 10.2. The van der Waals surface area contributed by atoms with Gasteiger partial charge in [0.1, 0.15) is 0 Å². The first-order valence-corrected chi connectivity index (χ1v) is 6.02. The van der Waals surface area contributed by atoms with Gasteiger partial charge < -0.3 is 5.73 Å². The number of benzene rings is 1. The largest absolute Gasteiger partial charge is 0.330 e. The molecule has 0 heterocycles. The van der Waals surface area contributed by atoms with Gasteiger partial charge in [0.15, 0.2) is 0 Å². The lowest BCUT2D eigenvalue weighted by molar-refractivity contribution is 0.641. The molecule has 1 aromatic rings. The third kappa shape index (κ3) is 3.07. The Hall–Kier alpha value is -0.820. The molecule has 2 N–H and O–H groups in total. The topological polar surface area (TPSA) is 26.0 Å². The van der Waals surface area contributed by atoms with E-state index >= 15 is 0 Å². The van der Waals surface area contributed by atoms with Crippen LogP contribution >= 0.6 is 0 Å². The van der Waals surface area contributed by atoms with Crippen molar-refractivity contribution < 1.29 is 0 Å². The van der Waals surface area contributed by atoms with Crippen LogP contribution in [0.2, 0.25) is 0 Å². The van der Waals surface area contributed by atoms with Crippen LogP contribution in [0.5, 0.6) is 0 Å². The highest BCUT2D eigenvalue weighted by Gasteiger charge is 2.07. The van der Waals surface area contributed by atoms with Crippen molar-refractivity contribution in [3.8, 4) is 0 Å². The van der Waals surface area contributed by atoms with Crippen molar-refractivity contribution >= 4 is 0 Å². The quantitative estimate of drug-likeness (QED) is 0.780. The summed E-state index contributed by atoms with van der Waals surface area (Å²) >= 11 is 0. The molecular weight excluding hydrogens is 182 g/mol. The van der Waals surface area contributed by atoms with Crippen LogP contribution in [0.4, 0.5) is 0 Å². The van der Waals surface area contributed by atoms with Crippen LogP contribution in [-0.4, -0.2) is 6.54 Å². The molecule has 0 radical (unpaired) electrons. The Labute approximate surface area is 93.7 Å². The minimum absolute atomic E-state index is 0.473. The van der Waals surface area contributed by atoms with Crippen molar-refractivity contribution in [3.05, 3.63) is 35.4 Å².